The van der Waals surface area contributed by atoms with E-state index in [0.29, 0.717) is 11.7 Å². The second kappa shape index (κ2) is 6.49. The number of rotatable bonds is 3. The molecule has 27 heavy (non-hydrogen) atoms. The molecule has 1 fully saturated rings. The highest BCUT2D eigenvalue weighted by atomic mass is 15.4. The number of nitrogens with zero attached hydrogens (tertiary/aromatic N) is 4. The lowest BCUT2D eigenvalue weighted by Gasteiger charge is -2.23. The minimum atomic E-state index is 0.281. The van der Waals surface area contributed by atoms with Crippen LogP contribution in [0.5, 0.6) is 0 Å². The number of likely N-dealkylation sites (N-methyl/N-ethyl adjacent to an activating group) is 1. The molecule has 140 valence electrons. The van der Waals surface area contributed by atoms with Crippen molar-refractivity contribution in [2.75, 3.05) is 32.4 Å². The molecule has 5 rings (SSSR count). The summed E-state index contributed by atoms with van der Waals surface area (Å²) in [5.41, 5.74) is 10.6. The van der Waals surface area contributed by atoms with E-state index in [0.717, 1.165) is 42.6 Å². The molecular formula is C20H25N7. The molecule has 4 N–H and O–H groups in total. The number of hydrogen-bond acceptors (Lipinski definition) is 6. The maximum Gasteiger partial charge on any atom is 0.138 e. The summed E-state index contributed by atoms with van der Waals surface area (Å²) in [6.45, 7) is 3.06. The lowest BCUT2D eigenvalue weighted by atomic mass is 9.89. The van der Waals surface area contributed by atoms with Gasteiger partial charge in [-0.25, -0.2) is 9.97 Å². The van der Waals surface area contributed by atoms with Crippen LogP contribution in [-0.2, 0) is 6.42 Å². The number of piperidine rings is 1. The number of hydrazone groups is 1. The number of hydrogen-bond donors (Lipinski definition) is 3. The molecule has 7 heteroatoms. The van der Waals surface area contributed by atoms with Gasteiger partial charge in [0.15, 0.2) is 0 Å². The number of aromatic amines is 1. The Balaban J connectivity index is 1.62. The molecule has 0 amide bonds. The molecule has 2 aliphatic rings. The summed E-state index contributed by atoms with van der Waals surface area (Å²) in [7, 11) is 2.00. The van der Waals surface area contributed by atoms with Gasteiger partial charge < -0.3 is 16.0 Å². The van der Waals surface area contributed by atoms with Crippen LogP contribution in [0.25, 0.3) is 21.9 Å². The molecule has 0 saturated carbocycles. The first kappa shape index (κ1) is 16.5. The van der Waals surface area contributed by atoms with Gasteiger partial charge >= 0.3 is 0 Å². The maximum atomic E-state index is 6.34. The number of nitrogen functional groups attached to an aromatic ring is 1. The van der Waals surface area contributed by atoms with Crippen molar-refractivity contribution in [2.45, 2.75) is 25.2 Å². The van der Waals surface area contributed by atoms with Gasteiger partial charge in [0.2, 0.25) is 0 Å². The van der Waals surface area contributed by atoms with E-state index in [1.165, 1.54) is 29.4 Å². The SMILES string of the molecule is CN1CC(c2cnc3[nH]c4cnc(N)c(CC5CCNCC5)c4c3c2)C=N1. The van der Waals surface area contributed by atoms with Crippen LogP contribution in [-0.4, -0.2) is 52.9 Å². The van der Waals surface area contributed by atoms with Crippen molar-refractivity contribution in [1.82, 2.24) is 25.3 Å². The highest BCUT2D eigenvalue weighted by Gasteiger charge is 2.22. The third-order valence-corrected chi connectivity index (χ3v) is 5.93. The first-order valence-electron chi connectivity index (χ1n) is 9.69. The van der Waals surface area contributed by atoms with Crippen molar-refractivity contribution in [1.29, 1.82) is 0 Å². The lowest BCUT2D eigenvalue weighted by molar-refractivity contribution is 0.373. The summed E-state index contributed by atoms with van der Waals surface area (Å²) in [5.74, 6) is 1.58. The van der Waals surface area contributed by atoms with E-state index < -0.39 is 0 Å². The van der Waals surface area contributed by atoms with Crippen LogP contribution in [0.3, 0.4) is 0 Å². The molecule has 0 aliphatic carbocycles. The fourth-order valence-corrected chi connectivity index (χ4v) is 4.42. The highest BCUT2D eigenvalue weighted by molar-refractivity contribution is 6.08. The molecule has 5 heterocycles. The van der Waals surface area contributed by atoms with Crippen molar-refractivity contribution >= 4 is 34.0 Å². The summed E-state index contributed by atoms with van der Waals surface area (Å²) in [5, 5.41) is 12.1. The number of nitrogens with one attached hydrogen (secondary N) is 2. The minimum Gasteiger partial charge on any atom is -0.383 e. The van der Waals surface area contributed by atoms with Gasteiger partial charge in [-0.15, -0.1) is 0 Å². The second-order valence-corrected chi connectivity index (χ2v) is 7.81. The number of H-pyrrole nitrogens is 1. The van der Waals surface area contributed by atoms with E-state index in [4.69, 9.17) is 10.7 Å². The Hall–Kier alpha value is -2.67. The van der Waals surface area contributed by atoms with Gasteiger partial charge in [-0.2, -0.15) is 5.10 Å². The van der Waals surface area contributed by atoms with Gasteiger partial charge in [-0.05, 0) is 49.9 Å². The summed E-state index contributed by atoms with van der Waals surface area (Å²) >= 11 is 0. The number of fused-ring (bicyclic) bond motifs is 3. The monoisotopic (exact) mass is 363 g/mol. The van der Waals surface area contributed by atoms with Crippen molar-refractivity contribution < 1.29 is 0 Å². The van der Waals surface area contributed by atoms with Gasteiger partial charge in [0.05, 0.1) is 11.7 Å². The fourth-order valence-electron chi connectivity index (χ4n) is 4.42. The molecule has 0 bridgehead atoms. The standard InChI is InChI=1S/C20H25N7/c1-27-11-14(9-25-27)13-7-16-18-15(6-12-2-4-22-5-3-12)19(21)23-10-17(18)26-20(16)24-8-13/h7-10,12,14,22H,2-6,11H2,1H3,(H2,21,23)(H,24,26). The number of nitrogens with two attached hydrogens (primary N) is 1. The minimum absolute atomic E-state index is 0.281. The zero-order valence-electron chi connectivity index (χ0n) is 15.6. The number of pyridine rings is 2. The maximum absolute atomic E-state index is 6.34. The van der Waals surface area contributed by atoms with Crippen molar-refractivity contribution in [2.24, 2.45) is 11.0 Å². The van der Waals surface area contributed by atoms with Gasteiger partial charge in [0.25, 0.3) is 0 Å². The molecule has 3 aromatic heterocycles. The van der Waals surface area contributed by atoms with Crippen LogP contribution in [0.4, 0.5) is 5.82 Å². The Morgan fingerprint density at radius 2 is 2.07 bits per heavy atom. The van der Waals surface area contributed by atoms with Crippen molar-refractivity contribution in [3.05, 3.63) is 29.6 Å². The van der Waals surface area contributed by atoms with Crippen LogP contribution < -0.4 is 11.1 Å². The number of anilines is 1. The highest BCUT2D eigenvalue weighted by Crippen LogP contribution is 2.34. The molecule has 1 atom stereocenters. The van der Waals surface area contributed by atoms with Crippen LogP contribution in [0.2, 0.25) is 0 Å². The fraction of sp³-hybridized carbons (Fsp3) is 0.450. The predicted molar refractivity (Wildman–Crippen MR) is 109 cm³/mol. The van der Waals surface area contributed by atoms with Crippen LogP contribution in [0.15, 0.2) is 23.6 Å². The van der Waals surface area contributed by atoms with Crippen molar-refractivity contribution in [3.63, 3.8) is 0 Å². The van der Waals surface area contributed by atoms with E-state index in [2.05, 4.69) is 26.5 Å². The van der Waals surface area contributed by atoms with Gasteiger partial charge in [-0.3, -0.25) is 5.01 Å². The molecule has 0 spiro atoms. The van der Waals surface area contributed by atoms with Crippen molar-refractivity contribution in [3.8, 4) is 0 Å². The van der Waals surface area contributed by atoms with E-state index in [1.807, 2.05) is 30.7 Å². The van der Waals surface area contributed by atoms with E-state index in [-0.39, 0.29) is 5.92 Å². The molecule has 1 saturated heterocycles. The summed E-state index contributed by atoms with van der Waals surface area (Å²) in [4.78, 5) is 12.6. The first-order chi connectivity index (χ1) is 13.2. The molecule has 7 nitrogen and oxygen atoms in total. The third-order valence-electron chi connectivity index (χ3n) is 5.93. The van der Waals surface area contributed by atoms with Crippen LogP contribution in [0, 0.1) is 5.92 Å². The number of aromatic nitrogens is 3. The molecule has 3 aromatic rings. The average molecular weight is 363 g/mol. The Bertz CT molecular complexity index is 1020. The molecule has 1 unspecified atom stereocenters. The lowest BCUT2D eigenvalue weighted by Crippen LogP contribution is -2.28. The quantitative estimate of drug-likeness (QED) is 0.663. The zero-order chi connectivity index (χ0) is 18.4. The summed E-state index contributed by atoms with van der Waals surface area (Å²) < 4.78 is 0. The molecule has 2 aliphatic heterocycles. The topological polar surface area (TPSA) is 95.2 Å². The first-order valence-corrected chi connectivity index (χ1v) is 9.69. The van der Waals surface area contributed by atoms with Gasteiger partial charge in [0.1, 0.15) is 11.5 Å². The normalized spacial score (nSPS) is 20.9. The predicted octanol–water partition coefficient (Wildman–Crippen LogP) is 2.25. The summed E-state index contributed by atoms with van der Waals surface area (Å²) in [6, 6.07) is 2.25. The zero-order valence-corrected chi connectivity index (χ0v) is 15.6. The average Bonchev–Trinajstić information content (AvgIpc) is 3.28. The van der Waals surface area contributed by atoms with Crippen LogP contribution >= 0.6 is 0 Å². The van der Waals surface area contributed by atoms with E-state index in [9.17, 15) is 0 Å². The van der Waals surface area contributed by atoms with Crippen LogP contribution in [0.1, 0.15) is 29.9 Å². The molecular weight excluding hydrogens is 338 g/mol. The third kappa shape index (κ3) is 2.92. The Morgan fingerprint density at radius 1 is 1.22 bits per heavy atom. The Kier molecular flexibility index (Phi) is 3.97. The Labute approximate surface area is 158 Å². The smallest absolute Gasteiger partial charge is 0.138 e. The van der Waals surface area contributed by atoms with E-state index >= 15 is 0 Å². The largest absolute Gasteiger partial charge is 0.383 e. The Morgan fingerprint density at radius 3 is 2.85 bits per heavy atom. The second-order valence-electron chi connectivity index (χ2n) is 7.81. The van der Waals surface area contributed by atoms with Gasteiger partial charge in [-0.1, -0.05) is 0 Å². The summed E-state index contributed by atoms with van der Waals surface area (Å²) in [6.07, 6.45) is 9.14. The molecule has 0 aromatic carbocycles. The van der Waals surface area contributed by atoms with Gasteiger partial charge in [0, 0.05) is 48.3 Å². The van der Waals surface area contributed by atoms with E-state index in [1.54, 1.807) is 0 Å². The molecule has 0 radical (unpaired) electrons.